The third-order valence-corrected chi connectivity index (χ3v) is 8.15. The number of hydrogen-bond acceptors (Lipinski definition) is 6. The summed E-state index contributed by atoms with van der Waals surface area (Å²) in [5, 5.41) is 2.62. The van der Waals surface area contributed by atoms with Gasteiger partial charge in [-0.3, -0.25) is 4.79 Å². The van der Waals surface area contributed by atoms with Crippen molar-refractivity contribution in [2.24, 2.45) is 0 Å². The van der Waals surface area contributed by atoms with E-state index >= 15 is 0 Å². The molecule has 0 saturated heterocycles. The molecule has 0 saturated carbocycles. The Kier molecular flexibility index (Phi) is 8.41. The highest BCUT2D eigenvalue weighted by Gasteiger charge is 2.26. The van der Waals surface area contributed by atoms with Crippen LogP contribution in [0.2, 0.25) is 0 Å². The van der Waals surface area contributed by atoms with Gasteiger partial charge in [-0.05, 0) is 69.3 Å². The molecule has 0 fully saturated rings. The van der Waals surface area contributed by atoms with Crippen molar-refractivity contribution >= 4 is 31.6 Å². The van der Waals surface area contributed by atoms with Gasteiger partial charge in [0, 0.05) is 12.2 Å². The zero-order valence-electron chi connectivity index (χ0n) is 18.8. The Balaban J connectivity index is 2.25. The summed E-state index contributed by atoms with van der Waals surface area (Å²) in [6.45, 7) is 7.06. The summed E-state index contributed by atoms with van der Waals surface area (Å²) in [6, 6.07) is 8.88. The van der Waals surface area contributed by atoms with E-state index < -0.39 is 32.5 Å². The smallest absolute Gasteiger partial charge is 0.243 e. The lowest BCUT2D eigenvalue weighted by atomic mass is 10.2. The number of rotatable bonds is 10. The Hall–Kier alpha value is -2.47. The van der Waals surface area contributed by atoms with Gasteiger partial charge in [-0.2, -0.15) is 4.31 Å². The Morgan fingerprint density at radius 1 is 0.969 bits per heavy atom. The average Bonchev–Trinajstić information content (AvgIpc) is 2.74. The van der Waals surface area contributed by atoms with Crippen molar-refractivity contribution in [3.63, 3.8) is 0 Å². The predicted molar refractivity (Wildman–Crippen MR) is 123 cm³/mol. The topological polar surface area (TPSA) is 122 Å². The van der Waals surface area contributed by atoms with Crippen molar-refractivity contribution in [3.8, 4) is 5.75 Å². The molecule has 2 aromatic carbocycles. The molecular formula is C21H29N3O6S2. The van der Waals surface area contributed by atoms with Crippen LogP contribution in [-0.2, 0) is 24.8 Å². The lowest BCUT2D eigenvalue weighted by Gasteiger charge is -2.21. The maximum atomic E-state index is 13.1. The molecule has 0 atom stereocenters. The van der Waals surface area contributed by atoms with Crippen LogP contribution in [0.3, 0.4) is 0 Å². The first-order valence-electron chi connectivity index (χ1n) is 10.0. The molecule has 0 heterocycles. The highest BCUT2D eigenvalue weighted by atomic mass is 32.2. The number of nitrogens with zero attached hydrogens (tertiary/aromatic N) is 1. The van der Waals surface area contributed by atoms with E-state index in [9.17, 15) is 21.6 Å². The fourth-order valence-electron chi connectivity index (χ4n) is 2.99. The molecule has 0 bridgehead atoms. The van der Waals surface area contributed by atoms with Crippen LogP contribution in [0.5, 0.6) is 5.75 Å². The van der Waals surface area contributed by atoms with Crippen LogP contribution in [0.4, 0.5) is 5.69 Å². The third kappa shape index (κ3) is 5.85. The zero-order chi connectivity index (χ0) is 24.1. The number of benzene rings is 2. The molecule has 2 rings (SSSR count). The van der Waals surface area contributed by atoms with E-state index in [1.165, 1.54) is 31.3 Å². The summed E-state index contributed by atoms with van der Waals surface area (Å²) < 4.78 is 59.0. The van der Waals surface area contributed by atoms with Gasteiger partial charge >= 0.3 is 0 Å². The Labute approximate surface area is 189 Å². The molecule has 0 radical (unpaired) electrons. The number of amides is 1. The van der Waals surface area contributed by atoms with Crippen LogP contribution in [0.1, 0.15) is 25.0 Å². The van der Waals surface area contributed by atoms with E-state index in [-0.39, 0.29) is 22.0 Å². The van der Waals surface area contributed by atoms with Crippen LogP contribution in [-0.4, -0.2) is 53.8 Å². The van der Waals surface area contributed by atoms with Crippen molar-refractivity contribution in [2.45, 2.75) is 37.5 Å². The van der Waals surface area contributed by atoms with Crippen LogP contribution in [0.25, 0.3) is 0 Å². The molecular weight excluding hydrogens is 454 g/mol. The molecule has 11 heteroatoms. The van der Waals surface area contributed by atoms with E-state index in [1.54, 1.807) is 32.9 Å². The Bertz CT molecular complexity index is 1190. The lowest BCUT2D eigenvalue weighted by molar-refractivity contribution is -0.116. The minimum Gasteiger partial charge on any atom is -0.494 e. The second-order valence-corrected chi connectivity index (χ2v) is 10.8. The van der Waals surface area contributed by atoms with E-state index in [1.807, 2.05) is 6.92 Å². The van der Waals surface area contributed by atoms with Gasteiger partial charge in [-0.15, -0.1) is 0 Å². The zero-order valence-corrected chi connectivity index (χ0v) is 20.4. The van der Waals surface area contributed by atoms with E-state index in [0.29, 0.717) is 23.5 Å². The molecule has 0 unspecified atom stereocenters. The number of aryl methyl sites for hydroxylation is 2. The number of hydrogen-bond donors (Lipinski definition) is 2. The van der Waals surface area contributed by atoms with Crippen LogP contribution >= 0.6 is 0 Å². The molecule has 32 heavy (non-hydrogen) atoms. The van der Waals surface area contributed by atoms with Gasteiger partial charge in [0.2, 0.25) is 26.0 Å². The molecule has 176 valence electrons. The summed E-state index contributed by atoms with van der Waals surface area (Å²) >= 11 is 0. The molecule has 0 aliphatic carbocycles. The van der Waals surface area contributed by atoms with Gasteiger partial charge in [0.25, 0.3) is 0 Å². The molecule has 0 aromatic heterocycles. The van der Waals surface area contributed by atoms with Gasteiger partial charge in [0.1, 0.15) is 5.75 Å². The largest absolute Gasteiger partial charge is 0.494 e. The number of sulfonamides is 2. The number of anilines is 1. The molecule has 0 aliphatic rings. The van der Waals surface area contributed by atoms with Crippen molar-refractivity contribution in [2.75, 3.05) is 32.1 Å². The van der Waals surface area contributed by atoms with Crippen molar-refractivity contribution in [1.29, 1.82) is 0 Å². The first-order valence-corrected chi connectivity index (χ1v) is 13.0. The first-order chi connectivity index (χ1) is 15.0. The van der Waals surface area contributed by atoms with Crippen molar-refractivity contribution < 1.29 is 26.4 Å². The third-order valence-electron chi connectivity index (χ3n) is 4.82. The number of carbonyl (C=O) groups is 1. The molecule has 0 spiro atoms. The van der Waals surface area contributed by atoms with Crippen molar-refractivity contribution in [3.05, 3.63) is 47.5 Å². The second kappa shape index (κ2) is 10.4. The fraction of sp³-hybridized carbons (Fsp3) is 0.381. The summed E-state index contributed by atoms with van der Waals surface area (Å²) in [5.41, 5.74) is 1.60. The quantitative estimate of drug-likeness (QED) is 0.535. The Morgan fingerprint density at radius 2 is 1.62 bits per heavy atom. The molecule has 1 amide bonds. The number of carbonyl (C=O) groups excluding carboxylic acids is 1. The highest BCUT2D eigenvalue weighted by Crippen LogP contribution is 2.24. The summed E-state index contributed by atoms with van der Waals surface area (Å²) in [4.78, 5) is 12.7. The minimum atomic E-state index is -3.93. The normalized spacial score (nSPS) is 12.1. The average molecular weight is 484 g/mol. The molecule has 2 N–H and O–H groups in total. The van der Waals surface area contributed by atoms with Gasteiger partial charge in [-0.1, -0.05) is 13.0 Å². The maximum absolute atomic E-state index is 13.1. The monoisotopic (exact) mass is 483 g/mol. The van der Waals surface area contributed by atoms with Gasteiger partial charge in [0.05, 0.1) is 22.9 Å². The first kappa shape index (κ1) is 25.8. The number of likely N-dealkylation sites (N-methyl/N-ethyl adjacent to an activating group) is 1. The SMILES string of the molecule is CCOc1ccc(S(=O)(=O)N(CC)CC(=O)Nc2cc(S(=O)(=O)NC)ccc2C)cc1C. The van der Waals surface area contributed by atoms with E-state index in [2.05, 4.69) is 10.0 Å². The van der Waals surface area contributed by atoms with Crippen LogP contribution in [0, 0.1) is 13.8 Å². The van der Waals surface area contributed by atoms with Gasteiger partial charge in [0.15, 0.2) is 0 Å². The van der Waals surface area contributed by atoms with Gasteiger partial charge < -0.3 is 10.1 Å². The minimum absolute atomic E-state index is 0.00858. The fourth-order valence-corrected chi connectivity index (χ4v) is 5.23. The second-order valence-electron chi connectivity index (χ2n) is 7.02. The van der Waals surface area contributed by atoms with Crippen molar-refractivity contribution in [1.82, 2.24) is 9.03 Å². The van der Waals surface area contributed by atoms with E-state index in [4.69, 9.17) is 4.74 Å². The van der Waals surface area contributed by atoms with Gasteiger partial charge in [-0.25, -0.2) is 21.6 Å². The van der Waals surface area contributed by atoms with Crippen LogP contribution in [0.15, 0.2) is 46.2 Å². The summed E-state index contributed by atoms with van der Waals surface area (Å²) in [6.07, 6.45) is 0. The maximum Gasteiger partial charge on any atom is 0.243 e. The number of ether oxygens (including phenoxy) is 1. The van der Waals surface area contributed by atoms with E-state index in [0.717, 1.165) is 4.31 Å². The van der Waals surface area contributed by atoms with Crippen LogP contribution < -0.4 is 14.8 Å². The lowest BCUT2D eigenvalue weighted by Crippen LogP contribution is -2.38. The Morgan fingerprint density at radius 3 is 2.19 bits per heavy atom. The highest BCUT2D eigenvalue weighted by molar-refractivity contribution is 7.89. The summed E-state index contributed by atoms with van der Waals surface area (Å²) in [7, 11) is -6.33. The molecule has 2 aromatic rings. The summed E-state index contributed by atoms with van der Waals surface area (Å²) in [5.74, 6) is 0.0132. The number of nitrogens with one attached hydrogen (secondary N) is 2. The molecule has 9 nitrogen and oxygen atoms in total. The molecule has 0 aliphatic heterocycles. The standard InChI is InChI=1S/C21H29N3O6S2/c1-6-24(32(28,29)18-10-11-20(30-7-2)16(4)12-18)14-21(25)23-19-13-17(9-8-15(19)3)31(26,27)22-5/h8-13,22H,6-7,14H2,1-5H3,(H,23,25). The predicted octanol–water partition coefficient (Wildman–Crippen LogP) is 2.26.